The molecule has 2 N–H and O–H groups in total. The minimum Gasteiger partial charge on any atom is -0.347 e. The lowest BCUT2D eigenvalue weighted by Crippen LogP contribution is -2.53. The summed E-state index contributed by atoms with van der Waals surface area (Å²) in [5.41, 5.74) is 3.28. The van der Waals surface area contributed by atoms with Crippen LogP contribution in [0.25, 0.3) is 32.7 Å². The highest BCUT2D eigenvalue weighted by molar-refractivity contribution is 7.80. The third-order valence-electron chi connectivity index (χ3n) is 10.8. The number of amides is 2. The Bertz CT molecular complexity index is 2600. The highest BCUT2D eigenvalue weighted by Gasteiger charge is 2.32. The van der Waals surface area contributed by atoms with Crippen LogP contribution in [0.3, 0.4) is 0 Å². The highest BCUT2D eigenvalue weighted by Crippen LogP contribution is 2.37. The van der Waals surface area contributed by atoms with Gasteiger partial charge in [0.2, 0.25) is 0 Å². The van der Waals surface area contributed by atoms with E-state index in [1.807, 2.05) is 115 Å². The van der Waals surface area contributed by atoms with Crippen molar-refractivity contribution >= 4 is 71.7 Å². The van der Waals surface area contributed by atoms with Gasteiger partial charge in [-0.2, -0.15) is 0 Å². The molecule has 9 rings (SSSR count). The molecule has 0 heterocycles. The summed E-state index contributed by atoms with van der Waals surface area (Å²) in [5.74, 6) is -0.207. The standard InChI is InChI=1S/C46H39N2O2P.C6H7P/c49-45(43-37-24-12-10-18-33(37)28-30-39(43)32-16-4-1-5-17-32)47-40-26-14-15-27-41(40)48-46(50)44-38-25-13-11-19-34(38)29-31-42(44)51(35-20-6-2-7-21-35)36-22-8-3-9-23-36;7-6-4-2-1-3-5-6/h1-13,16-25,28-31,40-41H,14-15,26-27H2,(H,47,49)(H,48,50);1-5H,7H2. The van der Waals surface area contributed by atoms with Crippen molar-refractivity contribution in [3.8, 4) is 11.1 Å². The first-order chi connectivity index (χ1) is 28.5. The second-order valence-corrected chi connectivity index (χ2v) is 17.5. The van der Waals surface area contributed by atoms with Crippen LogP contribution in [0.15, 0.2) is 194 Å². The normalized spacial score (nSPS) is 15.0. The predicted molar refractivity (Wildman–Crippen MR) is 249 cm³/mol. The average Bonchev–Trinajstić information content (AvgIpc) is 3.28. The fraction of sp³-hybridized carbons (Fsp3) is 0.115. The van der Waals surface area contributed by atoms with Crippen LogP contribution >= 0.6 is 17.2 Å². The van der Waals surface area contributed by atoms with Gasteiger partial charge in [0, 0.05) is 12.1 Å². The zero-order valence-corrected chi connectivity index (χ0v) is 34.3. The van der Waals surface area contributed by atoms with Gasteiger partial charge in [-0.25, -0.2) is 0 Å². The van der Waals surface area contributed by atoms with E-state index in [0.29, 0.717) is 11.1 Å². The lowest BCUT2D eigenvalue weighted by molar-refractivity contribution is 0.0865. The molecule has 0 radical (unpaired) electrons. The first-order valence-electron chi connectivity index (χ1n) is 20.0. The summed E-state index contributed by atoms with van der Waals surface area (Å²) < 4.78 is 0. The SMILES string of the molecule is O=C(NC1CCCCC1NC(=O)c1c(P(c2ccccc2)c2ccccc2)ccc2ccccc12)c1c(-c2ccccc2)ccc2ccccc12.Pc1ccccc1. The number of hydrogen-bond donors (Lipinski definition) is 2. The van der Waals surface area contributed by atoms with Crippen LogP contribution in [-0.4, -0.2) is 23.9 Å². The Balaban J connectivity index is 0.000000608. The van der Waals surface area contributed by atoms with E-state index in [-0.39, 0.29) is 23.9 Å². The molecule has 4 nitrogen and oxygen atoms in total. The number of carbonyl (C=O) groups excluding carboxylic acids is 2. The van der Waals surface area contributed by atoms with Gasteiger partial charge in [0.15, 0.2) is 0 Å². The Hall–Kier alpha value is -5.92. The second-order valence-electron chi connectivity index (χ2n) is 14.6. The molecule has 3 atom stereocenters. The number of fused-ring (bicyclic) bond motifs is 2. The van der Waals surface area contributed by atoms with Crippen LogP contribution in [0.2, 0.25) is 0 Å². The molecule has 2 amide bonds. The van der Waals surface area contributed by atoms with E-state index in [4.69, 9.17) is 0 Å². The molecule has 1 aliphatic carbocycles. The number of nitrogens with one attached hydrogen (secondary N) is 2. The molecule has 1 fully saturated rings. The number of carbonyl (C=O) groups is 2. The van der Waals surface area contributed by atoms with Crippen LogP contribution in [0.5, 0.6) is 0 Å². The molecule has 0 spiro atoms. The van der Waals surface area contributed by atoms with Crippen molar-refractivity contribution in [3.05, 3.63) is 205 Å². The first-order valence-corrected chi connectivity index (χ1v) is 21.9. The Morgan fingerprint density at radius 3 is 1.41 bits per heavy atom. The summed E-state index contributed by atoms with van der Waals surface area (Å²) in [6.45, 7) is 0. The molecule has 286 valence electrons. The van der Waals surface area contributed by atoms with Gasteiger partial charge in [-0.3, -0.25) is 9.59 Å². The molecule has 1 saturated carbocycles. The van der Waals surface area contributed by atoms with E-state index < -0.39 is 7.92 Å². The molecule has 6 heteroatoms. The van der Waals surface area contributed by atoms with E-state index in [1.165, 1.54) is 15.9 Å². The number of rotatable bonds is 8. The zero-order valence-electron chi connectivity index (χ0n) is 32.3. The smallest absolute Gasteiger partial charge is 0.252 e. The quantitative estimate of drug-likeness (QED) is 0.151. The molecule has 8 aromatic carbocycles. The molecule has 8 aromatic rings. The van der Waals surface area contributed by atoms with Crippen molar-refractivity contribution in [3.63, 3.8) is 0 Å². The van der Waals surface area contributed by atoms with Crippen LogP contribution in [-0.2, 0) is 0 Å². The maximum atomic E-state index is 14.8. The van der Waals surface area contributed by atoms with E-state index >= 15 is 0 Å². The minimum absolute atomic E-state index is 0.0950. The lowest BCUT2D eigenvalue weighted by atomic mass is 9.88. The first kappa shape index (κ1) is 38.9. The van der Waals surface area contributed by atoms with E-state index in [1.54, 1.807) is 0 Å². The van der Waals surface area contributed by atoms with Gasteiger partial charge in [-0.05, 0) is 74.7 Å². The van der Waals surface area contributed by atoms with Crippen LogP contribution < -0.4 is 31.9 Å². The summed E-state index contributed by atoms with van der Waals surface area (Å²) in [4.78, 5) is 29.2. The van der Waals surface area contributed by atoms with Crippen LogP contribution in [0, 0.1) is 0 Å². The minimum atomic E-state index is -1.02. The summed E-state index contributed by atoms with van der Waals surface area (Å²) in [6.07, 6.45) is 3.57. The molecule has 0 saturated heterocycles. The van der Waals surface area contributed by atoms with Gasteiger partial charge < -0.3 is 10.6 Å². The van der Waals surface area contributed by atoms with E-state index in [2.05, 4.69) is 98.7 Å². The van der Waals surface area contributed by atoms with Crippen molar-refractivity contribution in [2.45, 2.75) is 37.8 Å². The van der Waals surface area contributed by atoms with E-state index in [0.717, 1.165) is 63.7 Å². The Morgan fingerprint density at radius 2 is 0.897 bits per heavy atom. The summed E-state index contributed by atoms with van der Waals surface area (Å²) >= 11 is 0. The van der Waals surface area contributed by atoms with Crippen molar-refractivity contribution in [2.24, 2.45) is 0 Å². The third kappa shape index (κ3) is 8.80. The molecular formula is C52H46N2O2P2. The van der Waals surface area contributed by atoms with Crippen molar-refractivity contribution in [1.82, 2.24) is 10.6 Å². The Labute approximate surface area is 344 Å². The van der Waals surface area contributed by atoms with Gasteiger partial charge in [-0.1, -0.05) is 207 Å². The van der Waals surface area contributed by atoms with E-state index in [9.17, 15) is 9.59 Å². The fourth-order valence-corrected chi connectivity index (χ4v) is 10.7. The van der Waals surface area contributed by atoms with Crippen molar-refractivity contribution in [2.75, 3.05) is 0 Å². The second kappa shape index (κ2) is 18.6. The summed E-state index contributed by atoms with van der Waals surface area (Å²) in [6, 6.07) is 65.5. The van der Waals surface area contributed by atoms with Gasteiger partial charge in [0.1, 0.15) is 0 Å². The average molecular weight is 793 g/mol. The molecular weight excluding hydrogens is 747 g/mol. The van der Waals surface area contributed by atoms with Gasteiger partial charge >= 0.3 is 0 Å². The molecule has 1 aliphatic rings. The molecule has 58 heavy (non-hydrogen) atoms. The maximum absolute atomic E-state index is 14.8. The fourth-order valence-electron chi connectivity index (χ4n) is 8.05. The number of hydrogen-bond acceptors (Lipinski definition) is 2. The summed E-state index contributed by atoms with van der Waals surface area (Å²) in [7, 11) is 1.60. The van der Waals surface area contributed by atoms with Gasteiger partial charge in [-0.15, -0.1) is 9.24 Å². The van der Waals surface area contributed by atoms with Gasteiger partial charge in [0.05, 0.1) is 11.1 Å². The number of benzene rings is 8. The molecule has 0 aliphatic heterocycles. The lowest BCUT2D eigenvalue weighted by Gasteiger charge is -2.34. The van der Waals surface area contributed by atoms with Crippen LogP contribution in [0.4, 0.5) is 0 Å². The Kier molecular flexibility index (Phi) is 12.5. The van der Waals surface area contributed by atoms with Crippen molar-refractivity contribution in [1.29, 1.82) is 0 Å². The zero-order chi connectivity index (χ0) is 39.7. The predicted octanol–water partition coefficient (Wildman–Crippen LogP) is 10.1. The molecule has 0 aromatic heterocycles. The largest absolute Gasteiger partial charge is 0.347 e. The Morgan fingerprint density at radius 1 is 0.466 bits per heavy atom. The van der Waals surface area contributed by atoms with Crippen molar-refractivity contribution < 1.29 is 9.59 Å². The van der Waals surface area contributed by atoms with Gasteiger partial charge in [0.25, 0.3) is 11.8 Å². The summed E-state index contributed by atoms with van der Waals surface area (Å²) in [5, 5.41) is 15.4. The maximum Gasteiger partial charge on any atom is 0.252 e. The monoisotopic (exact) mass is 792 g/mol. The highest BCUT2D eigenvalue weighted by atomic mass is 31.1. The topological polar surface area (TPSA) is 58.2 Å². The molecule has 3 unspecified atom stereocenters. The molecule has 0 bridgehead atoms. The van der Waals surface area contributed by atoms with Crippen LogP contribution in [0.1, 0.15) is 46.4 Å². The third-order valence-corrected chi connectivity index (χ3v) is 13.7.